The highest BCUT2D eigenvalue weighted by Crippen LogP contribution is 2.33. The average Bonchev–Trinajstić information content (AvgIpc) is 2.41. The Bertz CT molecular complexity index is 516. The molecule has 20 heavy (non-hydrogen) atoms. The van der Waals surface area contributed by atoms with Crippen molar-refractivity contribution in [1.82, 2.24) is 10.6 Å². The Morgan fingerprint density at radius 2 is 2.15 bits per heavy atom. The standard InChI is InChI=1S/C15H22FN3O/c1-10(17-4)12-9-11(16)5-6-13(12)19-8-7-18-14(20)15(19,2)3/h5-6,9-10,17H,7-8H2,1-4H3,(H,18,20). The first-order valence-corrected chi connectivity index (χ1v) is 6.90. The zero-order valence-electron chi connectivity index (χ0n) is 12.5. The number of nitrogens with zero attached hydrogens (tertiary/aromatic N) is 1. The van der Waals surface area contributed by atoms with Gasteiger partial charge in [-0.25, -0.2) is 4.39 Å². The van der Waals surface area contributed by atoms with Crippen LogP contribution in [0.5, 0.6) is 0 Å². The first kappa shape index (κ1) is 14.8. The molecule has 1 saturated heterocycles. The lowest BCUT2D eigenvalue weighted by atomic mass is 9.95. The summed E-state index contributed by atoms with van der Waals surface area (Å²) in [7, 11) is 1.84. The summed E-state index contributed by atoms with van der Waals surface area (Å²) in [6, 6.07) is 4.77. The third-order valence-electron chi connectivity index (χ3n) is 4.03. The number of nitrogens with one attached hydrogen (secondary N) is 2. The van der Waals surface area contributed by atoms with Gasteiger partial charge in [-0.2, -0.15) is 0 Å². The molecule has 1 aromatic rings. The molecule has 0 spiro atoms. The number of hydrogen-bond acceptors (Lipinski definition) is 3. The molecule has 0 aromatic heterocycles. The fraction of sp³-hybridized carbons (Fsp3) is 0.533. The maximum Gasteiger partial charge on any atom is 0.245 e. The van der Waals surface area contributed by atoms with Gasteiger partial charge in [0.15, 0.2) is 0 Å². The number of piperazine rings is 1. The molecule has 1 unspecified atom stereocenters. The molecular formula is C15H22FN3O. The number of rotatable bonds is 3. The van der Waals surface area contributed by atoms with Crippen molar-refractivity contribution in [2.45, 2.75) is 32.4 Å². The third kappa shape index (κ3) is 2.50. The van der Waals surface area contributed by atoms with Gasteiger partial charge in [-0.1, -0.05) is 0 Å². The maximum atomic E-state index is 13.6. The summed E-state index contributed by atoms with van der Waals surface area (Å²) in [5.41, 5.74) is 1.14. The van der Waals surface area contributed by atoms with Crippen molar-refractivity contribution >= 4 is 11.6 Å². The van der Waals surface area contributed by atoms with Gasteiger partial charge in [-0.3, -0.25) is 4.79 Å². The Kier molecular flexibility index (Phi) is 3.99. The van der Waals surface area contributed by atoms with E-state index in [4.69, 9.17) is 0 Å². The van der Waals surface area contributed by atoms with Crippen molar-refractivity contribution in [2.24, 2.45) is 0 Å². The zero-order chi connectivity index (χ0) is 14.9. The van der Waals surface area contributed by atoms with Crippen LogP contribution in [0.25, 0.3) is 0 Å². The van der Waals surface area contributed by atoms with E-state index in [1.807, 2.05) is 27.8 Å². The minimum absolute atomic E-state index is 0.00358. The topological polar surface area (TPSA) is 44.4 Å². The van der Waals surface area contributed by atoms with Crippen LogP contribution in [0.4, 0.5) is 10.1 Å². The monoisotopic (exact) mass is 279 g/mol. The van der Waals surface area contributed by atoms with Crippen LogP contribution in [0.15, 0.2) is 18.2 Å². The van der Waals surface area contributed by atoms with Crippen LogP contribution in [-0.4, -0.2) is 31.6 Å². The molecule has 4 nitrogen and oxygen atoms in total. The van der Waals surface area contributed by atoms with E-state index in [0.717, 1.165) is 11.3 Å². The number of carbonyl (C=O) groups is 1. The Balaban J connectivity index is 2.48. The first-order chi connectivity index (χ1) is 9.37. The molecule has 2 rings (SSSR count). The average molecular weight is 279 g/mol. The number of hydrogen-bond donors (Lipinski definition) is 2. The van der Waals surface area contributed by atoms with Gasteiger partial charge < -0.3 is 15.5 Å². The molecule has 0 saturated carbocycles. The first-order valence-electron chi connectivity index (χ1n) is 6.90. The van der Waals surface area contributed by atoms with E-state index in [9.17, 15) is 9.18 Å². The fourth-order valence-corrected chi connectivity index (χ4v) is 2.59. The predicted octanol–water partition coefficient (Wildman–Crippen LogP) is 1.82. The highest BCUT2D eigenvalue weighted by atomic mass is 19.1. The van der Waals surface area contributed by atoms with Gasteiger partial charge in [0.25, 0.3) is 0 Å². The molecule has 1 amide bonds. The third-order valence-corrected chi connectivity index (χ3v) is 4.03. The van der Waals surface area contributed by atoms with Crippen LogP contribution >= 0.6 is 0 Å². The molecule has 1 fully saturated rings. The number of halogens is 1. The number of benzene rings is 1. The van der Waals surface area contributed by atoms with Gasteiger partial charge in [0.1, 0.15) is 11.4 Å². The quantitative estimate of drug-likeness (QED) is 0.887. The molecule has 1 aliphatic rings. The van der Waals surface area contributed by atoms with Crippen LogP contribution < -0.4 is 15.5 Å². The lowest BCUT2D eigenvalue weighted by Gasteiger charge is -2.44. The molecule has 5 heteroatoms. The van der Waals surface area contributed by atoms with Gasteiger partial charge in [0, 0.05) is 24.8 Å². The van der Waals surface area contributed by atoms with Crippen molar-refractivity contribution in [3.63, 3.8) is 0 Å². The van der Waals surface area contributed by atoms with E-state index in [-0.39, 0.29) is 17.8 Å². The van der Waals surface area contributed by atoms with E-state index in [1.54, 1.807) is 12.1 Å². The van der Waals surface area contributed by atoms with Crippen molar-refractivity contribution in [1.29, 1.82) is 0 Å². The Labute approximate surface area is 119 Å². The van der Waals surface area contributed by atoms with Gasteiger partial charge in [-0.05, 0) is 51.6 Å². The second-order valence-corrected chi connectivity index (χ2v) is 5.68. The summed E-state index contributed by atoms with van der Waals surface area (Å²) < 4.78 is 13.6. The predicted molar refractivity (Wildman–Crippen MR) is 78.3 cm³/mol. The minimum Gasteiger partial charge on any atom is -0.355 e. The van der Waals surface area contributed by atoms with E-state index >= 15 is 0 Å². The van der Waals surface area contributed by atoms with Crippen molar-refractivity contribution in [3.05, 3.63) is 29.6 Å². The molecule has 110 valence electrons. The van der Waals surface area contributed by atoms with E-state index in [0.29, 0.717) is 13.1 Å². The van der Waals surface area contributed by atoms with Crippen LogP contribution in [0.1, 0.15) is 32.4 Å². The maximum absolute atomic E-state index is 13.6. The van der Waals surface area contributed by atoms with Crippen molar-refractivity contribution in [2.75, 3.05) is 25.0 Å². The SMILES string of the molecule is CNC(C)c1cc(F)ccc1N1CCNC(=O)C1(C)C. The van der Waals surface area contributed by atoms with Gasteiger partial charge in [0.05, 0.1) is 0 Å². The largest absolute Gasteiger partial charge is 0.355 e. The molecule has 1 atom stereocenters. The van der Waals surface area contributed by atoms with Crippen molar-refractivity contribution in [3.8, 4) is 0 Å². The Morgan fingerprint density at radius 3 is 2.80 bits per heavy atom. The molecule has 1 heterocycles. The van der Waals surface area contributed by atoms with Crippen LogP contribution in [0.3, 0.4) is 0 Å². The molecule has 1 aliphatic heterocycles. The number of carbonyl (C=O) groups excluding carboxylic acids is 1. The summed E-state index contributed by atoms with van der Waals surface area (Å²) in [5.74, 6) is -0.263. The molecule has 0 radical (unpaired) electrons. The molecular weight excluding hydrogens is 257 g/mol. The van der Waals surface area contributed by atoms with Crippen LogP contribution in [0.2, 0.25) is 0 Å². The van der Waals surface area contributed by atoms with E-state index in [1.165, 1.54) is 6.07 Å². The molecule has 1 aromatic carbocycles. The Hall–Kier alpha value is -1.62. The normalized spacial score (nSPS) is 19.6. The Morgan fingerprint density at radius 1 is 1.45 bits per heavy atom. The van der Waals surface area contributed by atoms with Gasteiger partial charge in [-0.15, -0.1) is 0 Å². The molecule has 0 bridgehead atoms. The van der Waals surface area contributed by atoms with Gasteiger partial charge >= 0.3 is 0 Å². The second-order valence-electron chi connectivity index (χ2n) is 5.68. The van der Waals surface area contributed by atoms with Crippen LogP contribution in [-0.2, 0) is 4.79 Å². The minimum atomic E-state index is -0.641. The lowest BCUT2D eigenvalue weighted by molar-refractivity contribution is -0.126. The van der Waals surface area contributed by atoms with E-state index < -0.39 is 5.54 Å². The van der Waals surface area contributed by atoms with Crippen LogP contribution in [0, 0.1) is 5.82 Å². The molecule has 2 N–H and O–H groups in total. The smallest absolute Gasteiger partial charge is 0.245 e. The summed E-state index contributed by atoms with van der Waals surface area (Å²) in [5, 5.41) is 6.01. The summed E-state index contributed by atoms with van der Waals surface area (Å²) >= 11 is 0. The summed E-state index contributed by atoms with van der Waals surface area (Å²) in [6.07, 6.45) is 0. The highest BCUT2D eigenvalue weighted by Gasteiger charge is 2.38. The number of amides is 1. The lowest BCUT2D eigenvalue weighted by Crippen LogP contribution is -2.62. The van der Waals surface area contributed by atoms with Gasteiger partial charge in [0.2, 0.25) is 5.91 Å². The zero-order valence-corrected chi connectivity index (χ0v) is 12.5. The highest BCUT2D eigenvalue weighted by molar-refractivity contribution is 5.90. The van der Waals surface area contributed by atoms with E-state index in [2.05, 4.69) is 15.5 Å². The summed E-state index contributed by atoms with van der Waals surface area (Å²) in [4.78, 5) is 14.1. The number of anilines is 1. The second kappa shape index (κ2) is 5.40. The fourth-order valence-electron chi connectivity index (χ4n) is 2.59. The summed E-state index contributed by atoms with van der Waals surface area (Å²) in [6.45, 7) is 7.08. The molecule has 0 aliphatic carbocycles. The van der Waals surface area contributed by atoms with Crippen molar-refractivity contribution < 1.29 is 9.18 Å².